The molecule has 22 aliphatic carbocycles. The maximum absolute atomic E-state index is 9.74. The molecule has 8 aromatic rings. The van der Waals surface area contributed by atoms with Crippen LogP contribution in [-0.4, -0.2) is 132 Å². The molecule has 30 rings (SSSR count). The summed E-state index contributed by atoms with van der Waals surface area (Å²) in [5.74, 6) is 8.93. The molecule has 0 saturated heterocycles. The van der Waals surface area contributed by atoms with E-state index in [2.05, 4.69) is 97.1 Å². The van der Waals surface area contributed by atoms with Gasteiger partial charge in [-0.05, 0) is 217 Å². The van der Waals surface area contributed by atoms with Gasteiger partial charge in [-0.25, -0.2) is 0 Å². The summed E-state index contributed by atoms with van der Waals surface area (Å²) in [5, 5.41) is 39.0. The molecule has 16 heteroatoms. The number of hydrogen-bond donors (Lipinski definition) is 4. The van der Waals surface area contributed by atoms with E-state index in [4.69, 9.17) is 56.8 Å². The van der Waals surface area contributed by atoms with Crippen LogP contribution in [-0.2, 0) is 77.0 Å². The predicted octanol–water partition coefficient (Wildman–Crippen LogP) is 17.2. The summed E-state index contributed by atoms with van der Waals surface area (Å²) in [6.07, 6.45) is 22.0. The molecule has 0 unspecified atom stereocenters. The number of unbranched alkanes of at least 4 members (excludes halogenated alkanes) is 12. The highest BCUT2D eigenvalue weighted by Gasteiger charge is 2.26. The Bertz CT molecular complexity index is 3660. The van der Waals surface area contributed by atoms with Gasteiger partial charge in [0.1, 0.15) is 69.0 Å². The normalized spacial score (nSPS) is 12.3. The summed E-state index contributed by atoms with van der Waals surface area (Å²) < 4.78 is 76.1. The third kappa shape index (κ3) is 21.8. The molecular formula is C92H120O16. The maximum Gasteiger partial charge on any atom is 0.122 e. The topological polar surface area (TPSA) is 192 Å². The van der Waals surface area contributed by atoms with Crippen molar-refractivity contribution in [3.63, 3.8) is 0 Å². The molecule has 0 saturated carbocycles. The van der Waals surface area contributed by atoms with Gasteiger partial charge in [-0.3, -0.25) is 0 Å². The maximum atomic E-state index is 9.74. The first kappa shape index (κ1) is 83.2. The van der Waals surface area contributed by atoms with Crippen molar-refractivity contribution in [2.75, 3.05) is 112 Å². The van der Waals surface area contributed by atoms with Crippen LogP contribution < -0.4 is 56.8 Å². The van der Waals surface area contributed by atoms with Crippen molar-refractivity contribution >= 4 is 0 Å². The lowest BCUT2D eigenvalue weighted by Gasteiger charge is -2.22. The van der Waals surface area contributed by atoms with Gasteiger partial charge in [0.25, 0.3) is 0 Å². The van der Waals surface area contributed by atoms with Crippen LogP contribution in [0, 0.1) is 0 Å². The largest absolute Gasteiger partial charge is 0.496 e. The lowest BCUT2D eigenvalue weighted by Crippen LogP contribution is -2.07. The number of rotatable bonds is 36. The van der Waals surface area contributed by atoms with Crippen LogP contribution in [0.4, 0.5) is 0 Å². The molecule has 584 valence electrons. The minimum atomic E-state index is 0.172. The molecule has 0 aromatic heterocycles. The molecule has 108 heavy (non-hydrogen) atoms. The Morgan fingerprint density at radius 2 is 0.287 bits per heavy atom. The van der Waals surface area contributed by atoms with Crippen LogP contribution in [0.25, 0.3) is 0 Å². The number of methoxy groups -OCH3 is 12. The molecular weight excluding hydrogens is 1360 g/mol. The molecule has 0 fully saturated rings. The van der Waals surface area contributed by atoms with Crippen molar-refractivity contribution in [1.82, 2.24) is 0 Å². The van der Waals surface area contributed by atoms with E-state index in [0.717, 1.165) is 286 Å². The average Bonchev–Trinajstić information content (AvgIpc) is 0.792. The third-order valence-electron chi connectivity index (χ3n) is 21.6. The van der Waals surface area contributed by atoms with E-state index in [1.807, 2.05) is 0 Å². The number of aryl methyl sites for hydroxylation is 4. The van der Waals surface area contributed by atoms with E-state index in [0.29, 0.717) is 51.4 Å². The fourth-order valence-corrected chi connectivity index (χ4v) is 15.7. The predicted molar refractivity (Wildman–Crippen MR) is 430 cm³/mol. The monoisotopic (exact) mass is 1480 g/mol. The molecule has 0 atom stereocenters. The fraction of sp³-hybridized carbons (Fsp3) is 0.478. The molecule has 0 heterocycles. The minimum absolute atomic E-state index is 0.172. The zero-order valence-electron chi connectivity index (χ0n) is 66.6. The molecule has 0 radical (unpaired) electrons. The van der Waals surface area contributed by atoms with Crippen molar-refractivity contribution in [3.05, 3.63) is 208 Å². The van der Waals surface area contributed by atoms with Crippen molar-refractivity contribution in [3.8, 4) is 69.0 Å². The SMILES string of the molecule is COc1cc2c(OC)cc1Cc1cc(OC)c(cc1CCCCCCO)Cc1cc(OC)c(cc1OC)Cc1cc(OC)c(cc1CCCCCCO)Cc1cc(OC)c(cc1OC)Cc1cc(OC)c(cc1CCCCCCO)Cc1cc(OC)c(cc1OC)Cc1cc(OC)c(cc1CCCCCCO)C2. The Morgan fingerprint density at radius 1 is 0.167 bits per heavy atom. The van der Waals surface area contributed by atoms with Gasteiger partial charge >= 0.3 is 0 Å². The lowest BCUT2D eigenvalue weighted by molar-refractivity contribution is 0.282. The zero-order valence-corrected chi connectivity index (χ0v) is 66.6. The first-order valence-electron chi connectivity index (χ1n) is 38.9. The highest BCUT2D eigenvalue weighted by atomic mass is 16.5. The van der Waals surface area contributed by atoms with E-state index < -0.39 is 0 Å². The Labute approximate surface area is 642 Å². The van der Waals surface area contributed by atoms with Gasteiger partial charge in [0, 0.05) is 122 Å². The summed E-state index contributed by atoms with van der Waals surface area (Å²) >= 11 is 0. The minimum Gasteiger partial charge on any atom is -0.496 e. The van der Waals surface area contributed by atoms with Gasteiger partial charge in [0.2, 0.25) is 0 Å². The van der Waals surface area contributed by atoms with Gasteiger partial charge in [0.15, 0.2) is 0 Å². The first-order valence-corrected chi connectivity index (χ1v) is 38.9. The second-order valence-corrected chi connectivity index (χ2v) is 28.6. The van der Waals surface area contributed by atoms with Gasteiger partial charge in [-0.2, -0.15) is 0 Å². The average molecular weight is 1480 g/mol. The van der Waals surface area contributed by atoms with Gasteiger partial charge in [0.05, 0.1) is 85.3 Å². The van der Waals surface area contributed by atoms with Gasteiger partial charge in [-0.15, -0.1) is 0 Å². The molecule has 16 nitrogen and oxygen atoms in total. The third-order valence-corrected chi connectivity index (χ3v) is 21.6. The van der Waals surface area contributed by atoms with Crippen LogP contribution in [0.1, 0.15) is 214 Å². The molecule has 22 aliphatic rings. The Hall–Kier alpha value is -8.80. The van der Waals surface area contributed by atoms with Crippen LogP contribution in [0.3, 0.4) is 0 Å². The second kappa shape index (κ2) is 42.8. The van der Waals surface area contributed by atoms with Crippen molar-refractivity contribution in [2.24, 2.45) is 0 Å². The number of ether oxygens (including phenoxy) is 12. The summed E-state index contributed by atoms with van der Waals surface area (Å²) in [7, 11) is 20.8. The summed E-state index contributed by atoms with van der Waals surface area (Å²) in [6, 6.07) is 34.9. The van der Waals surface area contributed by atoms with E-state index in [1.165, 1.54) is 22.3 Å². The Balaban J connectivity index is 1.22. The fourth-order valence-electron chi connectivity index (χ4n) is 15.7. The van der Waals surface area contributed by atoms with E-state index >= 15 is 0 Å². The smallest absolute Gasteiger partial charge is 0.122 e. The number of hydrogen-bond acceptors (Lipinski definition) is 16. The van der Waals surface area contributed by atoms with E-state index in [9.17, 15) is 20.4 Å². The molecule has 0 amide bonds. The van der Waals surface area contributed by atoms with E-state index in [-0.39, 0.29) is 26.4 Å². The summed E-state index contributed by atoms with van der Waals surface area (Å²) in [6.45, 7) is 0.687. The van der Waals surface area contributed by atoms with Crippen LogP contribution in [0.5, 0.6) is 69.0 Å². The van der Waals surface area contributed by atoms with Crippen LogP contribution in [0.15, 0.2) is 97.1 Å². The lowest BCUT2D eigenvalue weighted by atomic mass is 9.88. The number of aliphatic hydroxyl groups excluding tert-OH is 4. The highest BCUT2D eigenvalue weighted by Crippen LogP contribution is 2.44. The zero-order chi connectivity index (χ0) is 76.9. The van der Waals surface area contributed by atoms with Gasteiger partial charge in [-0.1, -0.05) is 75.6 Å². The number of aliphatic hydroxyl groups is 4. The number of benzene rings is 8. The summed E-state index contributed by atoms with van der Waals surface area (Å²) in [5.41, 5.74) is 21.0. The summed E-state index contributed by atoms with van der Waals surface area (Å²) in [4.78, 5) is 0. The van der Waals surface area contributed by atoms with Gasteiger partial charge < -0.3 is 77.3 Å². The quantitative estimate of drug-likeness (QED) is 0.0271. The molecule has 4 N–H and O–H groups in total. The first-order chi connectivity index (χ1) is 52.8. The molecule has 8 aromatic carbocycles. The standard InChI is InChI=1S/C92H120O16/c1-97-81-49-65-41-73-53-90(106-10)78(58-86(73)102-6)46-70-39-63(31-23-15-19-27-35-95)67(51-83(70)99-3)43-75-55-92(108-12)80(60-88(75)104-8)48-72-40-64(32-24-16-20-28-36-96)68(52-84(72)100-4)44-76-56-91(107-11)79(59-87(76)103-7)47-71-38-62(30-22-14-18-26-34-94)66(50-82(71)98-2)42-74-54-89(105-9)77(57-85(74)101-5)45-69(81)37-61(65)29-21-13-17-25-33-93/h37-40,49-60,93-96H,13-36,41-48H2,1-12H3. The van der Waals surface area contributed by atoms with Crippen molar-refractivity contribution in [2.45, 2.75) is 180 Å². The van der Waals surface area contributed by atoms with Crippen LogP contribution in [0.2, 0.25) is 0 Å². The Morgan fingerprint density at radius 3 is 0.426 bits per heavy atom. The highest BCUT2D eigenvalue weighted by molar-refractivity contribution is 5.60. The Kier molecular flexibility index (Phi) is 33.0. The molecule has 0 aliphatic heterocycles. The molecule has 0 spiro atoms. The van der Waals surface area contributed by atoms with Crippen molar-refractivity contribution in [1.29, 1.82) is 0 Å². The molecule has 16 bridgehead atoms. The van der Waals surface area contributed by atoms with E-state index in [1.54, 1.807) is 85.3 Å². The van der Waals surface area contributed by atoms with Crippen LogP contribution >= 0.6 is 0 Å². The van der Waals surface area contributed by atoms with Crippen molar-refractivity contribution < 1.29 is 77.3 Å². The second-order valence-electron chi connectivity index (χ2n) is 28.6.